The Balaban J connectivity index is 1.97. The lowest BCUT2D eigenvalue weighted by Gasteiger charge is -2.05. The van der Waals surface area contributed by atoms with Crippen LogP contribution >= 0.6 is 0 Å². The molecule has 5 heteroatoms. The van der Waals surface area contributed by atoms with Gasteiger partial charge in [0.1, 0.15) is 11.9 Å². The van der Waals surface area contributed by atoms with Crippen LogP contribution in [0.2, 0.25) is 0 Å². The molecule has 1 aromatic rings. The van der Waals surface area contributed by atoms with E-state index in [1.807, 2.05) is 0 Å². The highest BCUT2D eigenvalue weighted by molar-refractivity contribution is 6.01. The van der Waals surface area contributed by atoms with Gasteiger partial charge in [-0.05, 0) is 29.8 Å². The maximum Gasteiger partial charge on any atom is 0.309 e. The van der Waals surface area contributed by atoms with Crippen LogP contribution in [0.5, 0.6) is 5.75 Å². The third kappa shape index (κ3) is 2.75. The Morgan fingerprint density at radius 2 is 2.24 bits per heavy atom. The highest BCUT2D eigenvalue weighted by Crippen LogP contribution is 2.20. The van der Waals surface area contributed by atoms with Gasteiger partial charge in [-0.15, -0.1) is 0 Å². The lowest BCUT2D eigenvalue weighted by Crippen LogP contribution is -2.15. The molecular weight excluding hydrogens is 222 g/mol. The predicted molar refractivity (Wildman–Crippen MR) is 60.8 cm³/mol. The van der Waals surface area contributed by atoms with E-state index < -0.39 is 0 Å². The maximum atomic E-state index is 11.1. The Morgan fingerprint density at radius 3 is 2.88 bits per heavy atom. The molecule has 0 fully saturated rings. The van der Waals surface area contributed by atoms with Crippen molar-refractivity contribution in [3.63, 3.8) is 0 Å². The zero-order valence-electron chi connectivity index (χ0n) is 9.42. The number of nitrogens with zero attached hydrogens (tertiary/aromatic N) is 1. The molecule has 0 unspecified atom stereocenters. The molecule has 0 aromatic heterocycles. The molecule has 1 atom stereocenters. The van der Waals surface area contributed by atoms with Gasteiger partial charge in [-0.25, -0.2) is 0 Å². The molecular formula is C12H13NO4. The van der Waals surface area contributed by atoms with Gasteiger partial charge >= 0.3 is 5.97 Å². The SMILES string of the molecule is COC(=O)C[C@H]1CC(c2ccc(O)cc2)=NO1. The molecule has 1 aliphatic heterocycles. The molecule has 0 saturated carbocycles. The van der Waals surface area contributed by atoms with Crippen molar-refractivity contribution in [2.24, 2.45) is 5.16 Å². The number of methoxy groups -OCH3 is 1. The molecule has 17 heavy (non-hydrogen) atoms. The van der Waals surface area contributed by atoms with Crippen LogP contribution in [-0.2, 0) is 14.4 Å². The quantitative estimate of drug-likeness (QED) is 0.805. The Hall–Kier alpha value is -2.04. The van der Waals surface area contributed by atoms with Gasteiger partial charge in [0.05, 0.1) is 19.2 Å². The van der Waals surface area contributed by atoms with Crippen LogP contribution in [0.15, 0.2) is 29.4 Å². The standard InChI is InChI=1S/C12H13NO4/c1-16-12(15)7-10-6-11(13-17-10)8-2-4-9(14)5-3-8/h2-5,10,14H,6-7H2,1H3/t10-/m1/s1. The third-order valence-corrected chi connectivity index (χ3v) is 2.56. The van der Waals surface area contributed by atoms with Crippen molar-refractivity contribution in [1.82, 2.24) is 0 Å². The van der Waals surface area contributed by atoms with Crippen molar-refractivity contribution in [3.8, 4) is 5.75 Å². The number of aromatic hydroxyl groups is 1. The van der Waals surface area contributed by atoms with Crippen LogP contribution in [0.4, 0.5) is 0 Å². The van der Waals surface area contributed by atoms with Crippen LogP contribution in [0.25, 0.3) is 0 Å². The highest BCUT2D eigenvalue weighted by atomic mass is 16.6. The number of rotatable bonds is 3. The minimum atomic E-state index is -0.308. The van der Waals surface area contributed by atoms with Gasteiger partial charge in [-0.2, -0.15) is 0 Å². The largest absolute Gasteiger partial charge is 0.508 e. The Bertz CT molecular complexity index is 438. The highest BCUT2D eigenvalue weighted by Gasteiger charge is 2.24. The molecule has 90 valence electrons. The average Bonchev–Trinajstić information content (AvgIpc) is 2.78. The number of phenolic OH excluding ortho intramolecular Hbond substituents is 1. The van der Waals surface area contributed by atoms with E-state index in [1.54, 1.807) is 24.3 Å². The summed E-state index contributed by atoms with van der Waals surface area (Å²) in [5, 5.41) is 13.1. The summed E-state index contributed by atoms with van der Waals surface area (Å²) in [6.07, 6.45) is 0.507. The average molecular weight is 235 g/mol. The molecule has 1 N–H and O–H groups in total. The number of ether oxygens (including phenoxy) is 1. The summed E-state index contributed by atoms with van der Waals surface area (Å²) in [6, 6.07) is 6.70. The minimum absolute atomic E-state index is 0.196. The normalized spacial score (nSPS) is 18.4. The van der Waals surface area contributed by atoms with E-state index in [4.69, 9.17) is 4.84 Å². The first-order chi connectivity index (χ1) is 8.19. The molecule has 0 amide bonds. The molecule has 0 bridgehead atoms. The summed E-state index contributed by atoms with van der Waals surface area (Å²) in [4.78, 5) is 16.2. The van der Waals surface area contributed by atoms with E-state index >= 15 is 0 Å². The van der Waals surface area contributed by atoms with Crippen LogP contribution in [0.1, 0.15) is 18.4 Å². The number of hydrogen-bond donors (Lipinski definition) is 1. The van der Waals surface area contributed by atoms with Crippen LogP contribution < -0.4 is 0 Å². The number of hydrogen-bond acceptors (Lipinski definition) is 5. The van der Waals surface area contributed by atoms with E-state index in [0.717, 1.165) is 11.3 Å². The van der Waals surface area contributed by atoms with Gasteiger partial charge in [-0.3, -0.25) is 4.79 Å². The Morgan fingerprint density at radius 1 is 1.53 bits per heavy atom. The molecule has 1 aromatic carbocycles. The molecule has 5 nitrogen and oxygen atoms in total. The predicted octanol–water partition coefficient (Wildman–Crippen LogP) is 1.45. The van der Waals surface area contributed by atoms with Gasteiger partial charge in [0.15, 0.2) is 0 Å². The Labute approximate surface area is 98.6 Å². The third-order valence-electron chi connectivity index (χ3n) is 2.56. The zero-order chi connectivity index (χ0) is 12.3. The summed E-state index contributed by atoms with van der Waals surface area (Å²) in [5.41, 5.74) is 1.66. The summed E-state index contributed by atoms with van der Waals surface area (Å²) < 4.78 is 4.57. The molecule has 1 aliphatic rings. The van der Waals surface area contributed by atoms with Crippen molar-refractivity contribution in [3.05, 3.63) is 29.8 Å². The summed E-state index contributed by atoms with van der Waals surface area (Å²) in [6.45, 7) is 0. The first kappa shape index (κ1) is 11.4. The number of phenols is 1. The van der Waals surface area contributed by atoms with Gasteiger partial charge in [0.25, 0.3) is 0 Å². The van der Waals surface area contributed by atoms with Crippen molar-refractivity contribution >= 4 is 11.7 Å². The topological polar surface area (TPSA) is 68.1 Å². The fourth-order valence-electron chi connectivity index (χ4n) is 1.63. The Kier molecular flexibility index (Phi) is 3.27. The second-order valence-corrected chi connectivity index (χ2v) is 3.80. The van der Waals surface area contributed by atoms with E-state index in [0.29, 0.717) is 6.42 Å². The zero-order valence-corrected chi connectivity index (χ0v) is 9.42. The van der Waals surface area contributed by atoms with Crippen molar-refractivity contribution in [1.29, 1.82) is 0 Å². The number of esters is 1. The van der Waals surface area contributed by atoms with Crippen LogP contribution in [0.3, 0.4) is 0 Å². The van der Waals surface area contributed by atoms with E-state index in [9.17, 15) is 9.90 Å². The molecule has 2 rings (SSSR count). The summed E-state index contributed by atoms with van der Waals surface area (Å²) in [7, 11) is 1.35. The van der Waals surface area contributed by atoms with E-state index in [1.165, 1.54) is 7.11 Å². The smallest absolute Gasteiger partial charge is 0.309 e. The van der Waals surface area contributed by atoms with Gasteiger partial charge < -0.3 is 14.7 Å². The summed E-state index contributed by atoms with van der Waals surface area (Å²) in [5.74, 6) is -0.100. The van der Waals surface area contributed by atoms with Gasteiger partial charge in [-0.1, -0.05) is 5.16 Å². The molecule has 1 heterocycles. The molecule has 0 spiro atoms. The first-order valence-electron chi connectivity index (χ1n) is 5.28. The van der Waals surface area contributed by atoms with E-state index in [2.05, 4.69) is 9.89 Å². The van der Waals surface area contributed by atoms with Crippen molar-refractivity contribution in [2.75, 3.05) is 7.11 Å². The number of oxime groups is 1. The second kappa shape index (κ2) is 4.86. The number of carbonyl (C=O) groups is 1. The summed E-state index contributed by atoms with van der Waals surface area (Å²) >= 11 is 0. The van der Waals surface area contributed by atoms with Gasteiger partial charge in [0.2, 0.25) is 0 Å². The van der Waals surface area contributed by atoms with E-state index in [-0.39, 0.29) is 24.2 Å². The van der Waals surface area contributed by atoms with Crippen molar-refractivity contribution < 1.29 is 19.5 Å². The van der Waals surface area contributed by atoms with Crippen LogP contribution in [-0.4, -0.2) is 30.0 Å². The molecule has 0 radical (unpaired) electrons. The van der Waals surface area contributed by atoms with Crippen molar-refractivity contribution in [2.45, 2.75) is 18.9 Å². The second-order valence-electron chi connectivity index (χ2n) is 3.80. The monoisotopic (exact) mass is 235 g/mol. The van der Waals surface area contributed by atoms with Crippen LogP contribution in [0, 0.1) is 0 Å². The van der Waals surface area contributed by atoms with Gasteiger partial charge in [0, 0.05) is 6.42 Å². The minimum Gasteiger partial charge on any atom is -0.508 e. The lowest BCUT2D eigenvalue weighted by atomic mass is 10.0. The number of benzene rings is 1. The molecule has 0 saturated heterocycles. The number of carbonyl (C=O) groups excluding carboxylic acids is 1. The maximum absolute atomic E-state index is 11.1. The lowest BCUT2D eigenvalue weighted by molar-refractivity contribution is -0.143. The fourth-order valence-corrected chi connectivity index (χ4v) is 1.63. The fraction of sp³-hybridized carbons (Fsp3) is 0.333. The molecule has 0 aliphatic carbocycles. The first-order valence-corrected chi connectivity index (χ1v) is 5.28.